The van der Waals surface area contributed by atoms with E-state index in [1.807, 2.05) is 18.2 Å². The van der Waals surface area contributed by atoms with Gasteiger partial charge in [0, 0.05) is 6.61 Å². The fourth-order valence-electron chi connectivity index (χ4n) is 2.20. The summed E-state index contributed by atoms with van der Waals surface area (Å²) in [5.74, 6) is 0. The molecule has 2 heteroatoms. The Bertz CT molecular complexity index is 335. The number of aryl methyl sites for hydroxylation is 1. The first-order chi connectivity index (χ1) is 7.26. The highest BCUT2D eigenvalue weighted by molar-refractivity contribution is 5.37. The van der Waals surface area contributed by atoms with Crippen LogP contribution in [0.3, 0.4) is 0 Å². The average molecular weight is 206 g/mol. The molecule has 0 amide bonds. The van der Waals surface area contributed by atoms with Gasteiger partial charge in [0.2, 0.25) is 0 Å². The molecule has 0 saturated carbocycles. The van der Waals surface area contributed by atoms with Gasteiger partial charge in [0.25, 0.3) is 0 Å². The van der Waals surface area contributed by atoms with Gasteiger partial charge in [-0.15, -0.1) is 0 Å². The molecule has 1 atom stereocenters. The lowest BCUT2D eigenvalue weighted by Gasteiger charge is -2.23. The summed E-state index contributed by atoms with van der Waals surface area (Å²) in [6, 6.07) is 8.11. The van der Waals surface area contributed by atoms with Crippen LogP contribution in [0.1, 0.15) is 30.9 Å². The SMILES string of the molecule is CCCOCC1(O)CCc2ccccc21. The van der Waals surface area contributed by atoms with Crippen molar-refractivity contribution in [3.63, 3.8) is 0 Å². The molecule has 0 saturated heterocycles. The van der Waals surface area contributed by atoms with Crippen LogP contribution in [0.15, 0.2) is 24.3 Å². The Morgan fingerprint density at radius 3 is 3.00 bits per heavy atom. The molecular formula is C13H18O2. The van der Waals surface area contributed by atoms with Crippen molar-refractivity contribution < 1.29 is 9.84 Å². The summed E-state index contributed by atoms with van der Waals surface area (Å²) in [6.07, 6.45) is 2.75. The van der Waals surface area contributed by atoms with Crippen molar-refractivity contribution in [2.24, 2.45) is 0 Å². The molecule has 1 aliphatic rings. The van der Waals surface area contributed by atoms with Crippen LogP contribution in [0.4, 0.5) is 0 Å². The zero-order valence-corrected chi connectivity index (χ0v) is 9.20. The highest BCUT2D eigenvalue weighted by atomic mass is 16.5. The first-order valence-corrected chi connectivity index (χ1v) is 5.65. The maximum absolute atomic E-state index is 10.4. The van der Waals surface area contributed by atoms with Crippen molar-refractivity contribution in [1.82, 2.24) is 0 Å². The van der Waals surface area contributed by atoms with Gasteiger partial charge in [0.15, 0.2) is 0 Å². The number of aliphatic hydroxyl groups is 1. The lowest BCUT2D eigenvalue weighted by atomic mass is 9.97. The zero-order chi connectivity index (χ0) is 10.7. The summed E-state index contributed by atoms with van der Waals surface area (Å²) < 4.78 is 5.48. The fourth-order valence-corrected chi connectivity index (χ4v) is 2.20. The molecule has 0 fully saturated rings. The summed E-state index contributed by atoms with van der Waals surface area (Å²) in [5.41, 5.74) is 1.58. The Labute approximate surface area is 90.9 Å². The summed E-state index contributed by atoms with van der Waals surface area (Å²) >= 11 is 0. The Hall–Kier alpha value is -0.860. The van der Waals surface area contributed by atoms with E-state index in [0.717, 1.165) is 31.4 Å². The molecule has 0 heterocycles. The van der Waals surface area contributed by atoms with Gasteiger partial charge >= 0.3 is 0 Å². The maximum Gasteiger partial charge on any atom is 0.113 e. The minimum atomic E-state index is -0.744. The Morgan fingerprint density at radius 2 is 2.20 bits per heavy atom. The van der Waals surface area contributed by atoms with Crippen LogP contribution in [-0.4, -0.2) is 18.3 Å². The molecule has 15 heavy (non-hydrogen) atoms. The van der Waals surface area contributed by atoms with E-state index in [2.05, 4.69) is 13.0 Å². The molecule has 0 bridgehead atoms. The van der Waals surface area contributed by atoms with Gasteiger partial charge in [-0.25, -0.2) is 0 Å². The van der Waals surface area contributed by atoms with Crippen LogP contribution < -0.4 is 0 Å². The standard InChI is InChI=1S/C13H18O2/c1-2-9-15-10-13(14)8-7-11-5-3-4-6-12(11)13/h3-6,14H,2,7-10H2,1H3. The van der Waals surface area contributed by atoms with E-state index in [4.69, 9.17) is 4.74 Å². The first-order valence-electron chi connectivity index (χ1n) is 5.65. The summed E-state index contributed by atoms with van der Waals surface area (Å²) in [4.78, 5) is 0. The van der Waals surface area contributed by atoms with Crippen molar-refractivity contribution in [1.29, 1.82) is 0 Å². The summed E-state index contributed by atoms with van der Waals surface area (Å²) in [7, 11) is 0. The van der Waals surface area contributed by atoms with E-state index >= 15 is 0 Å². The number of rotatable bonds is 4. The molecular weight excluding hydrogens is 188 g/mol. The minimum Gasteiger partial charge on any atom is -0.383 e. The van der Waals surface area contributed by atoms with Crippen LogP contribution in [0, 0.1) is 0 Å². The van der Waals surface area contributed by atoms with Crippen LogP contribution in [-0.2, 0) is 16.8 Å². The molecule has 0 aliphatic heterocycles. The van der Waals surface area contributed by atoms with Crippen LogP contribution in [0.25, 0.3) is 0 Å². The summed E-state index contributed by atoms with van der Waals surface area (Å²) in [6.45, 7) is 3.23. The predicted octanol–water partition coefficient (Wildman–Crippen LogP) is 2.25. The molecule has 82 valence electrons. The van der Waals surface area contributed by atoms with Crippen molar-refractivity contribution in [3.05, 3.63) is 35.4 Å². The largest absolute Gasteiger partial charge is 0.383 e. The highest BCUT2D eigenvalue weighted by Crippen LogP contribution is 2.36. The average Bonchev–Trinajstić information content (AvgIpc) is 2.59. The predicted molar refractivity (Wildman–Crippen MR) is 59.8 cm³/mol. The molecule has 1 unspecified atom stereocenters. The van der Waals surface area contributed by atoms with Gasteiger partial charge in [0.1, 0.15) is 5.60 Å². The summed E-state index contributed by atoms with van der Waals surface area (Å²) in [5, 5.41) is 10.4. The maximum atomic E-state index is 10.4. The third-order valence-corrected chi connectivity index (χ3v) is 3.02. The third kappa shape index (κ3) is 2.06. The molecule has 1 aromatic rings. The highest BCUT2D eigenvalue weighted by Gasteiger charge is 2.36. The molecule has 0 aromatic heterocycles. The van der Waals surface area contributed by atoms with Gasteiger partial charge in [0.05, 0.1) is 6.61 Å². The number of hydrogen-bond acceptors (Lipinski definition) is 2. The minimum absolute atomic E-state index is 0.428. The van der Waals surface area contributed by atoms with E-state index in [1.165, 1.54) is 5.56 Å². The third-order valence-electron chi connectivity index (χ3n) is 3.02. The molecule has 0 radical (unpaired) electrons. The van der Waals surface area contributed by atoms with Crippen LogP contribution in [0.5, 0.6) is 0 Å². The molecule has 0 spiro atoms. The normalized spacial score (nSPS) is 24.1. The zero-order valence-electron chi connectivity index (χ0n) is 9.20. The van der Waals surface area contributed by atoms with E-state index in [1.54, 1.807) is 0 Å². The number of benzene rings is 1. The second-order valence-electron chi connectivity index (χ2n) is 4.24. The lowest BCUT2D eigenvalue weighted by molar-refractivity contribution is -0.0493. The van der Waals surface area contributed by atoms with Gasteiger partial charge in [-0.3, -0.25) is 0 Å². The Kier molecular flexibility index (Phi) is 3.08. The molecule has 2 nitrogen and oxygen atoms in total. The van der Waals surface area contributed by atoms with Gasteiger partial charge in [-0.05, 0) is 30.4 Å². The van der Waals surface area contributed by atoms with E-state index in [0.29, 0.717) is 6.61 Å². The monoisotopic (exact) mass is 206 g/mol. The topological polar surface area (TPSA) is 29.5 Å². The number of ether oxygens (including phenoxy) is 1. The van der Waals surface area contributed by atoms with Crippen LogP contribution in [0.2, 0.25) is 0 Å². The lowest BCUT2D eigenvalue weighted by Crippen LogP contribution is -2.29. The van der Waals surface area contributed by atoms with Gasteiger partial charge in [-0.2, -0.15) is 0 Å². The Balaban J connectivity index is 2.10. The van der Waals surface area contributed by atoms with E-state index < -0.39 is 5.60 Å². The fraction of sp³-hybridized carbons (Fsp3) is 0.538. The van der Waals surface area contributed by atoms with Crippen molar-refractivity contribution >= 4 is 0 Å². The second kappa shape index (κ2) is 4.33. The molecule has 1 aromatic carbocycles. The van der Waals surface area contributed by atoms with Crippen molar-refractivity contribution in [2.45, 2.75) is 31.8 Å². The Morgan fingerprint density at radius 1 is 1.40 bits per heavy atom. The van der Waals surface area contributed by atoms with Gasteiger partial charge in [-0.1, -0.05) is 31.2 Å². The van der Waals surface area contributed by atoms with Crippen molar-refractivity contribution in [2.75, 3.05) is 13.2 Å². The van der Waals surface area contributed by atoms with Crippen LogP contribution >= 0.6 is 0 Å². The second-order valence-corrected chi connectivity index (χ2v) is 4.24. The number of fused-ring (bicyclic) bond motifs is 1. The molecule has 1 aliphatic carbocycles. The molecule has 1 N–H and O–H groups in total. The smallest absolute Gasteiger partial charge is 0.113 e. The number of hydrogen-bond donors (Lipinski definition) is 1. The quantitative estimate of drug-likeness (QED) is 0.766. The van der Waals surface area contributed by atoms with Gasteiger partial charge < -0.3 is 9.84 Å². The van der Waals surface area contributed by atoms with E-state index in [-0.39, 0.29) is 0 Å². The molecule has 2 rings (SSSR count). The van der Waals surface area contributed by atoms with E-state index in [9.17, 15) is 5.11 Å². The van der Waals surface area contributed by atoms with Crippen molar-refractivity contribution in [3.8, 4) is 0 Å². The first kappa shape index (κ1) is 10.7.